The van der Waals surface area contributed by atoms with Gasteiger partial charge in [0.15, 0.2) is 0 Å². The monoisotopic (exact) mass is 456 g/mol. The molecule has 2 amide bonds. The van der Waals surface area contributed by atoms with E-state index >= 15 is 0 Å². The molecule has 0 radical (unpaired) electrons. The molecule has 0 bridgehead atoms. The lowest BCUT2D eigenvalue weighted by molar-refractivity contribution is -0.139. The molecule has 0 unspecified atom stereocenters. The van der Waals surface area contributed by atoms with Crippen LogP contribution in [0.15, 0.2) is 42.5 Å². The fourth-order valence-electron chi connectivity index (χ4n) is 2.84. The SMILES string of the molecule is CC[C@@H](C(=O)NC)N(Cc1ccc(F)cc1)C(=O)CSCc1ccc(Cl)cc1Cl. The van der Waals surface area contributed by atoms with Crippen molar-refractivity contribution < 1.29 is 14.0 Å². The summed E-state index contributed by atoms with van der Waals surface area (Å²) in [5, 5.41) is 3.72. The Morgan fingerprint density at radius 3 is 2.45 bits per heavy atom. The number of nitrogens with zero attached hydrogens (tertiary/aromatic N) is 1. The summed E-state index contributed by atoms with van der Waals surface area (Å²) in [5.41, 5.74) is 1.64. The highest BCUT2D eigenvalue weighted by atomic mass is 35.5. The summed E-state index contributed by atoms with van der Waals surface area (Å²) in [6.07, 6.45) is 0.473. The number of benzene rings is 2. The topological polar surface area (TPSA) is 49.4 Å². The number of amides is 2. The molecule has 0 aliphatic heterocycles. The van der Waals surface area contributed by atoms with Crippen molar-refractivity contribution in [1.29, 1.82) is 0 Å². The molecule has 29 heavy (non-hydrogen) atoms. The molecule has 0 spiro atoms. The Morgan fingerprint density at radius 1 is 1.17 bits per heavy atom. The predicted molar refractivity (Wildman–Crippen MR) is 118 cm³/mol. The molecule has 2 aromatic rings. The molecule has 2 rings (SSSR count). The van der Waals surface area contributed by atoms with Crippen molar-refractivity contribution in [2.45, 2.75) is 31.7 Å². The molecule has 2 aromatic carbocycles. The van der Waals surface area contributed by atoms with Gasteiger partial charge in [-0.3, -0.25) is 9.59 Å². The lowest BCUT2D eigenvalue weighted by Crippen LogP contribution is -2.48. The van der Waals surface area contributed by atoms with Gasteiger partial charge >= 0.3 is 0 Å². The standard InChI is InChI=1S/C21H23Cl2FN2O2S/c1-3-19(21(28)25-2)26(11-14-4-8-17(24)9-5-14)20(27)13-29-12-15-6-7-16(22)10-18(15)23/h4-10,19H,3,11-13H2,1-2H3,(H,25,28)/t19-/m0/s1. The zero-order chi connectivity index (χ0) is 21.4. The van der Waals surface area contributed by atoms with Crippen molar-refractivity contribution in [3.63, 3.8) is 0 Å². The minimum Gasteiger partial charge on any atom is -0.357 e. The summed E-state index contributed by atoms with van der Waals surface area (Å²) in [6.45, 7) is 2.08. The number of likely N-dealkylation sites (N-methyl/N-ethyl adjacent to an activating group) is 1. The Balaban J connectivity index is 2.10. The number of nitrogens with one attached hydrogen (secondary N) is 1. The minimum absolute atomic E-state index is 0.167. The van der Waals surface area contributed by atoms with Crippen LogP contribution in [0.1, 0.15) is 24.5 Å². The number of thioether (sulfide) groups is 1. The highest BCUT2D eigenvalue weighted by molar-refractivity contribution is 7.99. The van der Waals surface area contributed by atoms with Gasteiger partial charge in [0.05, 0.1) is 5.75 Å². The van der Waals surface area contributed by atoms with E-state index in [1.54, 1.807) is 36.2 Å². The highest BCUT2D eigenvalue weighted by Gasteiger charge is 2.27. The van der Waals surface area contributed by atoms with Gasteiger partial charge in [0.2, 0.25) is 11.8 Å². The molecular formula is C21H23Cl2FN2O2S. The van der Waals surface area contributed by atoms with Crippen LogP contribution in [-0.4, -0.2) is 35.6 Å². The van der Waals surface area contributed by atoms with E-state index < -0.39 is 6.04 Å². The first-order valence-electron chi connectivity index (χ1n) is 9.12. The lowest BCUT2D eigenvalue weighted by Gasteiger charge is -2.30. The second kappa shape index (κ2) is 11.4. The Hall–Kier alpha value is -1.76. The summed E-state index contributed by atoms with van der Waals surface area (Å²) >= 11 is 13.5. The third-order valence-corrected chi connectivity index (χ3v) is 5.95. The van der Waals surface area contributed by atoms with E-state index in [0.717, 1.165) is 11.1 Å². The molecule has 0 aromatic heterocycles. The predicted octanol–water partition coefficient (Wildman–Crippen LogP) is 4.92. The summed E-state index contributed by atoms with van der Waals surface area (Å²) in [5.74, 6) is -0.00905. The first-order valence-corrected chi connectivity index (χ1v) is 11.0. The summed E-state index contributed by atoms with van der Waals surface area (Å²) in [6, 6.07) is 10.6. The zero-order valence-corrected chi connectivity index (χ0v) is 18.6. The molecule has 0 fully saturated rings. The largest absolute Gasteiger partial charge is 0.357 e. The van der Waals surface area contributed by atoms with Gasteiger partial charge in [-0.05, 0) is 41.8 Å². The van der Waals surface area contributed by atoms with Crippen molar-refractivity contribution in [2.24, 2.45) is 0 Å². The Kier molecular flexibility index (Phi) is 9.27. The van der Waals surface area contributed by atoms with Crippen molar-refractivity contribution in [1.82, 2.24) is 10.2 Å². The second-order valence-corrected chi connectivity index (χ2v) is 8.24. The molecule has 0 saturated heterocycles. The summed E-state index contributed by atoms with van der Waals surface area (Å²) in [4.78, 5) is 26.8. The molecule has 156 valence electrons. The van der Waals surface area contributed by atoms with Crippen LogP contribution >= 0.6 is 35.0 Å². The number of hydrogen-bond acceptors (Lipinski definition) is 3. The first kappa shape index (κ1) is 23.5. The lowest BCUT2D eigenvalue weighted by atomic mass is 10.1. The third kappa shape index (κ3) is 6.91. The minimum atomic E-state index is -0.600. The number of carbonyl (C=O) groups is 2. The third-order valence-electron chi connectivity index (χ3n) is 4.40. The normalized spacial score (nSPS) is 11.8. The Bertz CT molecular complexity index is 849. The maximum Gasteiger partial charge on any atom is 0.242 e. The van der Waals surface area contributed by atoms with Crippen LogP contribution in [0.2, 0.25) is 10.0 Å². The van der Waals surface area contributed by atoms with Gasteiger partial charge in [-0.2, -0.15) is 0 Å². The van der Waals surface area contributed by atoms with Gasteiger partial charge in [-0.15, -0.1) is 11.8 Å². The van der Waals surface area contributed by atoms with Crippen molar-refractivity contribution >= 4 is 46.8 Å². The Morgan fingerprint density at radius 2 is 1.86 bits per heavy atom. The number of rotatable bonds is 9. The second-order valence-electron chi connectivity index (χ2n) is 6.41. The van der Waals surface area contributed by atoms with Crippen LogP contribution < -0.4 is 5.32 Å². The van der Waals surface area contributed by atoms with Crippen molar-refractivity contribution in [2.75, 3.05) is 12.8 Å². The maximum absolute atomic E-state index is 13.2. The maximum atomic E-state index is 13.2. The van der Waals surface area contributed by atoms with Gasteiger partial charge in [0.25, 0.3) is 0 Å². The molecule has 8 heteroatoms. The van der Waals surface area contributed by atoms with Gasteiger partial charge in [-0.25, -0.2) is 4.39 Å². The van der Waals surface area contributed by atoms with Gasteiger partial charge in [0.1, 0.15) is 11.9 Å². The van der Waals surface area contributed by atoms with Crippen LogP contribution in [0.4, 0.5) is 4.39 Å². The number of halogens is 3. The average molecular weight is 457 g/mol. The van der Waals surface area contributed by atoms with Crippen LogP contribution in [-0.2, 0) is 21.9 Å². The molecular weight excluding hydrogens is 434 g/mol. The quantitative estimate of drug-likeness (QED) is 0.582. The Labute approximate surface area is 184 Å². The van der Waals surface area contributed by atoms with Crippen LogP contribution in [0.3, 0.4) is 0 Å². The smallest absolute Gasteiger partial charge is 0.242 e. The molecule has 0 aliphatic rings. The number of carbonyl (C=O) groups excluding carboxylic acids is 2. The molecule has 1 atom stereocenters. The number of hydrogen-bond donors (Lipinski definition) is 1. The molecule has 0 heterocycles. The van der Waals surface area contributed by atoms with E-state index in [1.165, 1.54) is 23.9 Å². The van der Waals surface area contributed by atoms with E-state index in [9.17, 15) is 14.0 Å². The van der Waals surface area contributed by atoms with E-state index in [2.05, 4.69) is 5.32 Å². The van der Waals surface area contributed by atoms with Crippen LogP contribution in [0.25, 0.3) is 0 Å². The van der Waals surface area contributed by atoms with Crippen LogP contribution in [0.5, 0.6) is 0 Å². The average Bonchev–Trinajstić information content (AvgIpc) is 2.70. The molecule has 0 saturated carbocycles. The van der Waals surface area contributed by atoms with E-state index in [0.29, 0.717) is 22.2 Å². The first-order chi connectivity index (χ1) is 13.8. The molecule has 1 N–H and O–H groups in total. The van der Waals surface area contributed by atoms with E-state index in [4.69, 9.17) is 23.2 Å². The van der Waals surface area contributed by atoms with Crippen LogP contribution in [0, 0.1) is 5.82 Å². The highest BCUT2D eigenvalue weighted by Crippen LogP contribution is 2.25. The zero-order valence-electron chi connectivity index (χ0n) is 16.3. The summed E-state index contributed by atoms with van der Waals surface area (Å²) < 4.78 is 13.2. The van der Waals surface area contributed by atoms with E-state index in [1.807, 2.05) is 13.0 Å². The van der Waals surface area contributed by atoms with Gasteiger partial charge in [0, 0.05) is 29.4 Å². The fourth-order valence-corrected chi connectivity index (χ4v) is 4.31. The van der Waals surface area contributed by atoms with Crippen molar-refractivity contribution in [3.05, 3.63) is 69.5 Å². The van der Waals surface area contributed by atoms with Crippen molar-refractivity contribution in [3.8, 4) is 0 Å². The molecule has 4 nitrogen and oxygen atoms in total. The molecule has 0 aliphatic carbocycles. The fraction of sp³-hybridized carbons (Fsp3) is 0.333. The van der Waals surface area contributed by atoms with E-state index in [-0.39, 0.29) is 29.9 Å². The summed E-state index contributed by atoms with van der Waals surface area (Å²) in [7, 11) is 1.54. The van der Waals surface area contributed by atoms with Gasteiger partial charge in [-0.1, -0.05) is 48.3 Å². The van der Waals surface area contributed by atoms with Gasteiger partial charge < -0.3 is 10.2 Å².